The van der Waals surface area contributed by atoms with Crippen molar-refractivity contribution < 1.29 is 9.47 Å². The number of anilines is 1. The predicted octanol–water partition coefficient (Wildman–Crippen LogP) is 2.47. The van der Waals surface area contributed by atoms with E-state index in [4.69, 9.17) is 15.2 Å². The van der Waals surface area contributed by atoms with Crippen LogP contribution in [0.1, 0.15) is 23.1 Å². The van der Waals surface area contributed by atoms with Crippen LogP contribution in [0.5, 0.6) is 11.5 Å². The van der Waals surface area contributed by atoms with Gasteiger partial charge in [0.25, 0.3) is 0 Å². The van der Waals surface area contributed by atoms with Crippen molar-refractivity contribution in [3.8, 4) is 11.5 Å². The molecule has 2 N–H and O–H groups in total. The number of ether oxygens (including phenoxy) is 2. The molecule has 0 fully saturated rings. The second-order valence-electron chi connectivity index (χ2n) is 7.01. The summed E-state index contributed by atoms with van der Waals surface area (Å²) in [6, 6.07) is 13.2. The topological polar surface area (TPSA) is 47.7 Å². The normalized spacial score (nSPS) is 23.0. The molecule has 3 aliphatic rings. The highest BCUT2D eigenvalue weighted by Gasteiger charge is 2.49. The Balaban J connectivity index is 1.63. The first-order valence-corrected chi connectivity index (χ1v) is 8.79. The Morgan fingerprint density at radius 2 is 2.00 bits per heavy atom. The minimum absolute atomic E-state index is 0.0574. The lowest BCUT2D eigenvalue weighted by atomic mass is 9.77. The summed E-state index contributed by atoms with van der Waals surface area (Å²) in [6.45, 7) is 4.19. The molecule has 1 unspecified atom stereocenters. The van der Waals surface area contributed by atoms with Gasteiger partial charge in [-0.3, -0.25) is 0 Å². The Morgan fingerprint density at radius 1 is 1.08 bits per heavy atom. The van der Waals surface area contributed by atoms with E-state index < -0.39 is 0 Å². The SMILES string of the molecule is NCCCN1CC2(COc3cc4c(cc32)CCO4)c2ccccc21. The van der Waals surface area contributed by atoms with Crippen molar-refractivity contribution in [2.45, 2.75) is 18.3 Å². The van der Waals surface area contributed by atoms with E-state index in [0.29, 0.717) is 6.61 Å². The lowest BCUT2D eigenvalue weighted by molar-refractivity contribution is 0.297. The maximum atomic E-state index is 6.14. The number of nitrogens with zero attached hydrogens (tertiary/aromatic N) is 1. The Morgan fingerprint density at radius 3 is 2.92 bits per heavy atom. The largest absolute Gasteiger partial charge is 0.493 e. The van der Waals surface area contributed by atoms with Crippen molar-refractivity contribution in [2.75, 3.05) is 37.7 Å². The summed E-state index contributed by atoms with van der Waals surface area (Å²) in [5, 5.41) is 0. The minimum Gasteiger partial charge on any atom is -0.493 e. The van der Waals surface area contributed by atoms with Crippen molar-refractivity contribution >= 4 is 5.69 Å². The molecule has 0 amide bonds. The van der Waals surface area contributed by atoms with E-state index in [1.54, 1.807) is 0 Å². The van der Waals surface area contributed by atoms with Crippen molar-refractivity contribution in [3.63, 3.8) is 0 Å². The molecule has 3 heterocycles. The van der Waals surface area contributed by atoms with Crippen LogP contribution in [0.2, 0.25) is 0 Å². The van der Waals surface area contributed by atoms with Crippen LogP contribution in [0.4, 0.5) is 5.69 Å². The number of hydrogen-bond donors (Lipinski definition) is 1. The fourth-order valence-electron chi connectivity index (χ4n) is 4.46. The first kappa shape index (κ1) is 14.2. The minimum atomic E-state index is -0.0574. The number of hydrogen-bond acceptors (Lipinski definition) is 4. The van der Waals surface area contributed by atoms with Crippen molar-refractivity contribution in [3.05, 3.63) is 53.1 Å². The summed E-state index contributed by atoms with van der Waals surface area (Å²) < 4.78 is 11.9. The quantitative estimate of drug-likeness (QED) is 0.943. The van der Waals surface area contributed by atoms with Crippen molar-refractivity contribution in [2.24, 2.45) is 5.73 Å². The molecule has 2 aromatic carbocycles. The average molecular weight is 322 g/mol. The van der Waals surface area contributed by atoms with Crippen LogP contribution in [0.25, 0.3) is 0 Å². The van der Waals surface area contributed by atoms with E-state index in [0.717, 1.165) is 50.6 Å². The summed E-state index contributed by atoms with van der Waals surface area (Å²) in [5.41, 5.74) is 11.1. The fourth-order valence-corrected chi connectivity index (χ4v) is 4.46. The van der Waals surface area contributed by atoms with Gasteiger partial charge in [-0.25, -0.2) is 0 Å². The second kappa shape index (κ2) is 5.15. The van der Waals surface area contributed by atoms with Crippen LogP contribution in [-0.4, -0.2) is 32.8 Å². The van der Waals surface area contributed by atoms with E-state index in [2.05, 4.69) is 41.3 Å². The highest BCUT2D eigenvalue weighted by atomic mass is 16.5. The van der Waals surface area contributed by atoms with Crippen LogP contribution >= 0.6 is 0 Å². The molecule has 0 aliphatic carbocycles. The third-order valence-corrected chi connectivity index (χ3v) is 5.63. The molecule has 5 rings (SSSR count). The molecule has 0 radical (unpaired) electrons. The summed E-state index contributed by atoms with van der Waals surface area (Å²) in [4.78, 5) is 2.48. The number of para-hydroxylation sites is 1. The fraction of sp³-hybridized carbons (Fsp3) is 0.400. The zero-order chi connectivity index (χ0) is 16.1. The van der Waals surface area contributed by atoms with Gasteiger partial charge in [0.15, 0.2) is 0 Å². The molecule has 2 aromatic rings. The smallest absolute Gasteiger partial charge is 0.127 e. The zero-order valence-corrected chi connectivity index (χ0v) is 13.8. The van der Waals surface area contributed by atoms with Gasteiger partial charge in [0.2, 0.25) is 0 Å². The van der Waals surface area contributed by atoms with Crippen molar-refractivity contribution in [1.82, 2.24) is 0 Å². The summed E-state index contributed by atoms with van der Waals surface area (Å²) >= 11 is 0. The van der Waals surface area contributed by atoms with E-state index >= 15 is 0 Å². The van der Waals surface area contributed by atoms with E-state index in [1.165, 1.54) is 22.4 Å². The Kier molecular flexibility index (Phi) is 3.04. The van der Waals surface area contributed by atoms with E-state index in [1.807, 2.05) is 0 Å². The van der Waals surface area contributed by atoms with Crippen LogP contribution in [0.3, 0.4) is 0 Å². The number of nitrogens with two attached hydrogens (primary N) is 1. The third-order valence-electron chi connectivity index (χ3n) is 5.63. The van der Waals surface area contributed by atoms with Gasteiger partial charge in [0.1, 0.15) is 18.1 Å². The molecule has 124 valence electrons. The van der Waals surface area contributed by atoms with Gasteiger partial charge in [-0.05, 0) is 36.2 Å². The van der Waals surface area contributed by atoms with Crippen LogP contribution in [-0.2, 0) is 11.8 Å². The van der Waals surface area contributed by atoms with E-state index in [-0.39, 0.29) is 5.41 Å². The summed E-state index contributed by atoms with van der Waals surface area (Å²) in [7, 11) is 0. The lowest BCUT2D eigenvalue weighted by Crippen LogP contribution is -2.36. The zero-order valence-electron chi connectivity index (χ0n) is 13.8. The van der Waals surface area contributed by atoms with Gasteiger partial charge in [-0.1, -0.05) is 18.2 Å². The maximum absolute atomic E-state index is 6.14. The molecular weight excluding hydrogens is 300 g/mol. The van der Waals surface area contributed by atoms with Gasteiger partial charge in [-0.15, -0.1) is 0 Å². The number of fused-ring (bicyclic) bond motifs is 5. The van der Waals surface area contributed by atoms with Crippen molar-refractivity contribution in [1.29, 1.82) is 0 Å². The standard InChI is InChI=1S/C20H22N2O2/c21-7-3-8-22-12-20(15-4-1-2-5-17(15)22)13-24-19-11-18-14(6-9-23-18)10-16(19)20/h1-2,4-5,10-11H,3,6-9,12-13,21H2. The number of rotatable bonds is 3. The molecule has 0 bridgehead atoms. The predicted molar refractivity (Wildman–Crippen MR) is 94.2 cm³/mol. The summed E-state index contributed by atoms with van der Waals surface area (Å²) in [6.07, 6.45) is 2.01. The second-order valence-corrected chi connectivity index (χ2v) is 7.01. The average Bonchev–Trinajstić information content (AvgIpc) is 3.29. The molecule has 0 saturated carbocycles. The van der Waals surface area contributed by atoms with Gasteiger partial charge in [0.05, 0.1) is 12.0 Å². The lowest BCUT2D eigenvalue weighted by Gasteiger charge is -2.25. The highest BCUT2D eigenvalue weighted by molar-refractivity contribution is 5.70. The van der Waals surface area contributed by atoms with Gasteiger partial charge < -0.3 is 20.1 Å². The Bertz CT molecular complexity index is 804. The molecule has 24 heavy (non-hydrogen) atoms. The van der Waals surface area contributed by atoms with Crippen LogP contribution in [0, 0.1) is 0 Å². The van der Waals surface area contributed by atoms with Gasteiger partial charge in [0, 0.05) is 36.8 Å². The molecule has 1 spiro atoms. The Hall–Kier alpha value is -2.20. The highest BCUT2D eigenvalue weighted by Crippen LogP contribution is 2.53. The molecular formula is C20H22N2O2. The Labute approximate surface area is 142 Å². The first-order valence-electron chi connectivity index (χ1n) is 8.79. The number of benzene rings is 2. The first-order chi connectivity index (χ1) is 11.8. The van der Waals surface area contributed by atoms with E-state index in [9.17, 15) is 0 Å². The molecule has 0 saturated heterocycles. The maximum Gasteiger partial charge on any atom is 0.127 e. The molecule has 4 heteroatoms. The molecule has 1 atom stereocenters. The molecule has 0 aromatic heterocycles. The molecule has 4 nitrogen and oxygen atoms in total. The van der Waals surface area contributed by atoms with Crippen LogP contribution in [0.15, 0.2) is 36.4 Å². The third kappa shape index (κ3) is 1.83. The van der Waals surface area contributed by atoms with Gasteiger partial charge in [-0.2, -0.15) is 0 Å². The van der Waals surface area contributed by atoms with Crippen LogP contribution < -0.4 is 20.1 Å². The summed E-state index contributed by atoms with van der Waals surface area (Å²) in [5.74, 6) is 1.99. The molecule has 3 aliphatic heterocycles. The van der Waals surface area contributed by atoms with Gasteiger partial charge >= 0.3 is 0 Å². The monoisotopic (exact) mass is 322 g/mol.